The molecule has 2 rings (SSSR count). The maximum absolute atomic E-state index is 11.6. The Hall–Kier alpha value is -1.61. The van der Waals surface area contributed by atoms with Gasteiger partial charge in [0, 0.05) is 6.92 Å². The molecule has 0 saturated carbocycles. The topological polar surface area (TPSA) is 24.8 Å². The second kappa shape index (κ2) is 3.27. The smallest absolute Gasteiger partial charge is 0.264 e. The molecule has 0 radical (unpaired) electrons. The molecule has 0 aliphatic carbocycles. The number of nitrogens with zero attached hydrogens (tertiary/aromatic N) is 1. The molecule has 0 saturated heterocycles. The number of anilines is 1. The quantitative estimate of drug-likeness (QED) is 0.678. The van der Waals surface area contributed by atoms with Crippen LogP contribution in [-0.2, 0) is 4.79 Å². The molecule has 1 aromatic rings. The second-order valence-electron chi connectivity index (χ2n) is 3.42. The highest BCUT2D eigenvalue weighted by atomic mass is 16.2. The van der Waals surface area contributed by atoms with E-state index in [0.717, 1.165) is 16.4 Å². The van der Waals surface area contributed by atoms with Crippen molar-refractivity contribution in [1.29, 1.82) is 0 Å². The number of carbonyl (C=O) groups excluding carboxylic acids is 1. The van der Waals surface area contributed by atoms with E-state index < -0.39 is 0 Å². The third-order valence-corrected chi connectivity index (χ3v) is 2.48. The van der Waals surface area contributed by atoms with E-state index in [1.165, 1.54) is 0 Å². The third kappa shape index (κ3) is 1.32. The van der Waals surface area contributed by atoms with Crippen LogP contribution in [0.4, 0.5) is 5.69 Å². The van der Waals surface area contributed by atoms with Crippen LogP contribution in [-0.4, -0.2) is 13.0 Å². The van der Waals surface area contributed by atoms with Gasteiger partial charge in [-0.25, -0.2) is 0 Å². The van der Waals surface area contributed by atoms with Crippen molar-refractivity contribution in [3.05, 3.63) is 42.1 Å². The first kappa shape index (κ1) is 8.97. The van der Waals surface area contributed by atoms with Gasteiger partial charge in [-0.1, -0.05) is 18.2 Å². The molecule has 0 bridgehead atoms. The van der Waals surface area contributed by atoms with Crippen LogP contribution < -0.4 is 10.0 Å². The first-order chi connectivity index (χ1) is 6.70. The van der Waals surface area contributed by atoms with E-state index in [4.69, 9.17) is 0 Å². The molecule has 14 heavy (non-hydrogen) atoms. The normalized spacial score (nSPS) is 21.3. The monoisotopic (exact) mass is 189 g/mol. The summed E-state index contributed by atoms with van der Waals surface area (Å²) < 4.78 is 0. The largest absolute Gasteiger partial charge is 0.302 e. The van der Waals surface area contributed by atoms with Gasteiger partial charge in [0.2, 0.25) is 0 Å². The maximum atomic E-state index is 11.6. The highest BCUT2D eigenvalue weighted by Crippen LogP contribution is 2.12. The molecular weight excluding hydrogens is 176 g/mol. The highest BCUT2D eigenvalue weighted by molar-refractivity contribution is 6.01. The maximum Gasteiger partial charge on any atom is 0.302 e. The van der Waals surface area contributed by atoms with Gasteiger partial charge in [-0.05, 0) is 12.1 Å². The van der Waals surface area contributed by atoms with Crippen molar-refractivity contribution >= 4 is 11.6 Å². The van der Waals surface area contributed by atoms with E-state index in [1.54, 1.807) is 11.1 Å². The lowest BCUT2D eigenvalue weighted by Crippen LogP contribution is -3.13. The Bertz CT molecular complexity index is 384. The number of quaternary nitrogens is 1. The molecule has 0 aromatic heterocycles. The van der Waals surface area contributed by atoms with E-state index in [0.29, 0.717) is 0 Å². The summed E-state index contributed by atoms with van der Waals surface area (Å²) in [5.41, 5.74) is 1.97. The number of allylic oxidation sites excluding steroid dienone is 1. The molecule has 3 heteroatoms. The molecular formula is C11H13N2O+. The molecule has 72 valence electrons. The molecule has 0 spiro atoms. The van der Waals surface area contributed by atoms with Crippen LogP contribution >= 0.6 is 0 Å². The zero-order valence-corrected chi connectivity index (χ0v) is 8.32. The average Bonchev–Trinajstić information content (AvgIpc) is 2.43. The van der Waals surface area contributed by atoms with Crippen LogP contribution in [0.1, 0.15) is 6.92 Å². The van der Waals surface area contributed by atoms with Crippen LogP contribution in [0.25, 0.3) is 0 Å². The third-order valence-electron chi connectivity index (χ3n) is 2.48. The van der Waals surface area contributed by atoms with Gasteiger partial charge in [-0.2, -0.15) is 5.01 Å². The fourth-order valence-corrected chi connectivity index (χ4v) is 1.59. The standard InChI is InChI=1S/C11H12N2O/c1-9-8-11(14)13(12(9)2)10-6-4-3-5-7-10/h3-8H,1-2H3/p+1. The van der Waals surface area contributed by atoms with Crippen LogP contribution in [0.3, 0.4) is 0 Å². The predicted molar refractivity (Wildman–Crippen MR) is 54.6 cm³/mol. The van der Waals surface area contributed by atoms with Crippen molar-refractivity contribution in [3.63, 3.8) is 0 Å². The van der Waals surface area contributed by atoms with Crippen LogP contribution in [0.2, 0.25) is 0 Å². The number of hydrogen-bond donors (Lipinski definition) is 1. The number of amides is 1. The molecule has 1 N–H and O–H groups in total. The van der Waals surface area contributed by atoms with Gasteiger partial charge in [0.25, 0.3) is 0 Å². The zero-order valence-electron chi connectivity index (χ0n) is 8.32. The highest BCUT2D eigenvalue weighted by Gasteiger charge is 2.30. The number of para-hydroxylation sites is 1. The summed E-state index contributed by atoms with van der Waals surface area (Å²) in [7, 11) is 1.96. The lowest BCUT2D eigenvalue weighted by Gasteiger charge is -2.21. The van der Waals surface area contributed by atoms with E-state index in [-0.39, 0.29) is 5.91 Å². The van der Waals surface area contributed by atoms with Gasteiger partial charge in [0.05, 0.1) is 18.8 Å². The average molecular weight is 189 g/mol. The van der Waals surface area contributed by atoms with Crippen molar-refractivity contribution in [2.75, 3.05) is 12.1 Å². The summed E-state index contributed by atoms with van der Waals surface area (Å²) in [6.07, 6.45) is 1.67. The molecule has 1 aliphatic heterocycles. The Balaban J connectivity index is 2.34. The number of nitrogens with one attached hydrogen (secondary N) is 1. The van der Waals surface area contributed by atoms with Crippen LogP contribution in [0, 0.1) is 0 Å². The Kier molecular flexibility index (Phi) is 2.09. The van der Waals surface area contributed by atoms with E-state index in [1.807, 2.05) is 44.3 Å². The number of rotatable bonds is 1. The minimum atomic E-state index is 0.0474. The molecule has 1 aromatic carbocycles. The summed E-state index contributed by atoms with van der Waals surface area (Å²) in [6, 6.07) is 9.69. The fraction of sp³-hybridized carbons (Fsp3) is 0.182. The van der Waals surface area contributed by atoms with Crippen molar-refractivity contribution in [1.82, 2.24) is 0 Å². The molecule has 1 aliphatic rings. The number of hydrogen-bond acceptors (Lipinski definition) is 1. The van der Waals surface area contributed by atoms with Crippen molar-refractivity contribution in [2.45, 2.75) is 6.92 Å². The van der Waals surface area contributed by atoms with Gasteiger partial charge in [-0.15, -0.1) is 5.01 Å². The van der Waals surface area contributed by atoms with E-state index in [2.05, 4.69) is 0 Å². The molecule has 3 nitrogen and oxygen atoms in total. The summed E-state index contributed by atoms with van der Waals surface area (Å²) in [4.78, 5) is 11.6. The van der Waals surface area contributed by atoms with Gasteiger partial charge in [0.15, 0.2) is 0 Å². The fourth-order valence-electron chi connectivity index (χ4n) is 1.59. The number of benzene rings is 1. The van der Waals surface area contributed by atoms with Gasteiger partial charge < -0.3 is 0 Å². The number of carbonyl (C=O) groups is 1. The van der Waals surface area contributed by atoms with E-state index in [9.17, 15) is 4.79 Å². The van der Waals surface area contributed by atoms with Gasteiger partial charge in [0.1, 0.15) is 5.70 Å². The lowest BCUT2D eigenvalue weighted by atomic mass is 10.3. The summed E-state index contributed by atoms with van der Waals surface area (Å²) in [5, 5.41) is 2.75. The Morgan fingerprint density at radius 3 is 2.36 bits per heavy atom. The second-order valence-corrected chi connectivity index (χ2v) is 3.42. The summed E-state index contributed by atoms with van der Waals surface area (Å²) >= 11 is 0. The minimum Gasteiger partial charge on any atom is -0.264 e. The predicted octanol–water partition coefficient (Wildman–Crippen LogP) is 0.367. The zero-order chi connectivity index (χ0) is 10.1. The van der Waals surface area contributed by atoms with Crippen molar-refractivity contribution < 1.29 is 9.80 Å². The molecule has 1 unspecified atom stereocenters. The minimum absolute atomic E-state index is 0.0474. The van der Waals surface area contributed by atoms with Crippen LogP contribution in [0.15, 0.2) is 42.1 Å². The van der Waals surface area contributed by atoms with Crippen molar-refractivity contribution in [2.24, 2.45) is 0 Å². The van der Waals surface area contributed by atoms with Gasteiger partial charge >= 0.3 is 5.91 Å². The molecule has 1 atom stereocenters. The Labute approximate surface area is 83.2 Å². The van der Waals surface area contributed by atoms with E-state index >= 15 is 0 Å². The van der Waals surface area contributed by atoms with Crippen LogP contribution in [0.5, 0.6) is 0 Å². The Morgan fingerprint density at radius 2 is 1.86 bits per heavy atom. The Morgan fingerprint density at radius 1 is 1.21 bits per heavy atom. The molecule has 1 amide bonds. The SMILES string of the molecule is CC1=CC(=O)N(c2ccccc2)[NH+]1C. The summed E-state index contributed by atoms with van der Waals surface area (Å²) in [5.74, 6) is 0.0474. The van der Waals surface area contributed by atoms with Gasteiger partial charge in [-0.3, -0.25) is 4.79 Å². The van der Waals surface area contributed by atoms with Crippen molar-refractivity contribution in [3.8, 4) is 0 Å². The molecule has 0 fully saturated rings. The first-order valence-electron chi connectivity index (χ1n) is 4.61. The summed E-state index contributed by atoms with van der Waals surface area (Å²) in [6.45, 7) is 1.95. The molecule has 1 heterocycles. The lowest BCUT2D eigenvalue weighted by molar-refractivity contribution is -0.836. The first-order valence-corrected chi connectivity index (χ1v) is 4.61.